The van der Waals surface area contributed by atoms with Crippen molar-refractivity contribution >= 4 is 0 Å². The lowest BCUT2D eigenvalue weighted by Gasteiger charge is -2.20. The second-order valence-electron chi connectivity index (χ2n) is 7.07. The molecule has 0 aromatic heterocycles. The Morgan fingerprint density at radius 3 is 1.32 bits per heavy atom. The van der Waals surface area contributed by atoms with Crippen LogP contribution in [0.4, 0.5) is 0 Å². The molecule has 0 saturated heterocycles. The Bertz CT molecular complexity index is 169. The van der Waals surface area contributed by atoms with E-state index >= 15 is 0 Å². The number of hydrogen-bond acceptors (Lipinski definition) is 1. The molecule has 0 aliphatic heterocycles. The smallest absolute Gasteiger partial charge is 0.00965 e. The minimum absolute atomic E-state index is 0.289. The van der Waals surface area contributed by atoms with Gasteiger partial charge >= 0.3 is 0 Å². The molecule has 0 aliphatic rings. The lowest BCUT2D eigenvalue weighted by molar-refractivity contribution is 0.415. The van der Waals surface area contributed by atoms with Gasteiger partial charge in [-0.25, -0.2) is 0 Å². The first-order valence-corrected chi connectivity index (χ1v) is 8.81. The highest BCUT2D eigenvalue weighted by molar-refractivity contribution is 4.69. The second-order valence-corrected chi connectivity index (χ2v) is 7.07. The van der Waals surface area contributed by atoms with Crippen molar-refractivity contribution in [1.82, 2.24) is 5.32 Å². The lowest BCUT2D eigenvalue weighted by atomic mass is 10.0. The van der Waals surface area contributed by atoms with Gasteiger partial charge in [0.05, 0.1) is 0 Å². The van der Waals surface area contributed by atoms with Crippen molar-refractivity contribution in [1.29, 1.82) is 0 Å². The summed E-state index contributed by atoms with van der Waals surface area (Å²) in [7, 11) is 0. The van der Waals surface area contributed by atoms with E-state index in [0.717, 1.165) is 0 Å². The third kappa shape index (κ3) is 18.0. The normalized spacial score (nSPS) is 12.0. The van der Waals surface area contributed by atoms with Crippen LogP contribution in [0.3, 0.4) is 0 Å². The zero-order valence-corrected chi connectivity index (χ0v) is 14.2. The molecule has 0 rings (SSSR count). The van der Waals surface area contributed by atoms with Gasteiger partial charge < -0.3 is 5.32 Å². The number of unbranched alkanes of at least 4 members (excludes halogenated alkanes) is 11. The summed E-state index contributed by atoms with van der Waals surface area (Å²) in [6.07, 6.45) is 17.2. The molecule has 0 spiro atoms. The van der Waals surface area contributed by atoms with Gasteiger partial charge in [-0.05, 0) is 33.7 Å². The molecule has 1 heteroatoms. The molecule has 0 unspecified atom stereocenters. The fourth-order valence-corrected chi connectivity index (χ4v) is 2.43. The summed E-state index contributed by atoms with van der Waals surface area (Å²) in [5, 5.41) is 3.56. The average molecular weight is 270 g/mol. The van der Waals surface area contributed by atoms with E-state index < -0.39 is 0 Å². The summed E-state index contributed by atoms with van der Waals surface area (Å²) in [5.41, 5.74) is 0.289. The highest BCUT2D eigenvalue weighted by atomic mass is 14.9. The van der Waals surface area contributed by atoms with Crippen molar-refractivity contribution < 1.29 is 0 Å². The van der Waals surface area contributed by atoms with Gasteiger partial charge in [0.2, 0.25) is 0 Å². The SMILES string of the molecule is CCCCCCCCCCCCCCNC(C)(C)C. The van der Waals surface area contributed by atoms with Crippen molar-refractivity contribution in [2.24, 2.45) is 0 Å². The maximum Gasteiger partial charge on any atom is 0.00965 e. The van der Waals surface area contributed by atoms with Crippen molar-refractivity contribution in [2.45, 2.75) is 110 Å². The quantitative estimate of drug-likeness (QED) is 0.400. The van der Waals surface area contributed by atoms with E-state index in [0.29, 0.717) is 0 Å². The van der Waals surface area contributed by atoms with Crippen LogP contribution in [0.25, 0.3) is 0 Å². The van der Waals surface area contributed by atoms with E-state index in [4.69, 9.17) is 0 Å². The van der Waals surface area contributed by atoms with E-state index in [9.17, 15) is 0 Å². The minimum atomic E-state index is 0.289. The molecule has 0 radical (unpaired) electrons. The molecule has 0 fully saturated rings. The molecular weight excluding hydrogens is 230 g/mol. The highest BCUT2D eigenvalue weighted by Gasteiger charge is 2.06. The first-order valence-electron chi connectivity index (χ1n) is 8.81. The van der Waals surface area contributed by atoms with E-state index in [2.05, 4.69) is 33.0 Å². The summed E-state index contributed by atoms with van der Waals surface area (Å²) in [5.74, 6) is 0. The fraction of sp³-hybridized carbons (Fsp3) is 1.00. The zero-order chi connectivity index (χ0) is 14.4. The first kappa shape index (κ1) is 19.0. The van der Waals surface area contributed by atoms with Crippen molar-refractivity contribution in [3.63, 3.8) is 0 Å². The maximum atomic E-state index is 3.56. The van der Waals surface area contributed by atoms with Gasteiger partial charge in [0.1, 0.15) is 0 Å². The molecule has 0 saturated carbocycles. The van der Waals surface area contributed by atoms with Gasteiger partial charge in [0.15, 0.2) is 0 Å². The Morgan fingerprint density at radius 2 is 0.947 bits per heavy atom. The fourth-order valence-electron chi connectivity index (χ4n) is 2.43. The lowest BCUT2D eigenvalue weighted by Crippen LogP contribution is -2.36. The summed E-state index contributed by atoms with van der Waals surface area (Å²) in [6, 6.07) is 0. The maximum absolute atomic E-state index is 3.56. The Hall–Kier alpha value is -0.0400. The molecule has 0 aromatic rings. The highest BCUT2D eigenvalue weighted by Crippen LogP contribution is 2.11. The van der Waals surface area contributed by atoms with Crippen LogP contribution in [-0.4, -0.2) is 12.1 Å². The third-order valence-corrected chi connectivity index (χ3v) is 3.69. The summed E-state index contributed by atoms with van der Waals surface area (Å²) < 4.78 is 0. The molecule has 1 nitrogen and oxygen atoms in total. The van der Waals surface area contributed by atoms with Gasteiger partial charge in [-0.1, -0.05) is 77.6 Å². The van der Waals surface area contributed by atoms with Crippen LogP contribution < -0.4 is 5.32 Å². The minimum Gasteiger partial charge on any atom is -0.312 e. The predicted octanol–water partition coefficient (Wildman–Crippen LogP) is 6.08. The van der Waals surface area contributed by atoms with Crippen molar-refractivity contribution in [2.75, 3.05) is 6.54 Å². The van der Waals surface area contributed by atoms with Gasteiger partial charge in [-0.15, -0.1) is 0 Å². The van der Waals surface area contributed by atoms with E-state index in [-0.39, 0.29) is 5.54 Å². The van der Waals surface area contributed by atoms with Crippen LogP contribution in [0.5, 0.6) is 0 Å². The van der Waals surface area contributed by atoms with Crippen LogP contribution in [0, 0.1) is 0 Å². The summed E-state index contributed by atoms with van der Waals surface area (Å²) >= 11 is 0. The number of hydrogen-bond donors (Lipinski definition) is 1. The second kappa shape index (κ2) is 13.0. The average Bonchev–Trinajstić information content (AvgIpc) is 2.34. The van der Waals surface area contributed by atoms with Crippen molar-refractivity contribution in [3.05, 3.63) is 0 Å². The van der Waals surface area contributed by atoms with Gasteiger partial charge in [0.25, 0.3) is 0 Å². The molecule has 19 heavy (non-hydrogen) atoms. The third-order valence-electron chi connectivity index (χ3n) is 3.69. The van der Waals surface area contributed by atoms with Crippen LogP contribution in [-0.2, 0) is 0 Å². The Balaban J connectivity index is 2.99. The standard InChI is InChI=1S/C18H39N/c1-5-6-7-8-9-10-11-12-13-14-15-16-17-19-18(2,3)4/h19H,5-17H2,1-4H3. The zero-order valence-electron chi connectivity index (χ0n) is 14.2. The number of rotatable bonds is 13. The number of nitrogens with one attached hydrogen (secondary N) is 1. The predicted molar refractivity (Wildman–Crippen MR) is 88.8 cm³/mol. The van der Waals surface area contributed by atoms with Crippen LogP contribution in [0.15, 0.2) is 0 Å². The Kier molecular flexibility index (Phi) is 12.9. The molecule has 0 aromatic carbocycles. The van der Waals surface area contributed by atoms with Crippen LogP contribution in [0.1, 0.15) is 105 Å². The monoisotopic (exact) mass is 269 g/mol. The van der Waals surface area contributed by atoms with E-state index in [1.54, 1.807) is 0 Å². The van der Waals surface area contributed by atoms with Crippen LogP contribution >= 0.6 is 0 Å². The Morgan fingerprint density at radius 1 is 0.579 bits per heavy atom. The van der Waals surface area contributed by atoms with Crippen molar-refractivity contribution in [3.8, 4) is 0 Å². The molecule has 0 bridgehead atoms. The molecule has 0 atom stereocenters. The topological polar surface area (TPSA) is 12.0 Å². The van der Waals surface area contributed by atoms with Crippen LogP contribution in [0.2, 0.25) is 0 Å². The molecule has 1 N–H and O–H groups in total. The first-order chi connectivity index (χ1) is 9.06. The summed E-state index contributed by atoms with van der Waals surface area (Å²) in [4.78, 5) is 0. The van der Waals surface area contributed by atoms with Gasteiger partial charge in [-0.2, -0.15) is 0 Å². The van der Waals surface area contributed by atoms with E-state index in [1.807, 2.05) is 0 Å². The molecule has 0 amide bonds. The van der Waals surface area contributed by atoms with Gasteiger partial charge in [0, 0.05) is 5.54 Å². The molecule has 0 aliphatic carbocycles. The Labute approximate surface area is 122 Å². The largest absolute Gasteiger partial charge is 0.312 e. The summed E-state index contributed by atoms with van der Waals surface area (Å²) in [6.45, 7) is 10.2. The molecular formula is C18H39N. The van der Waals surface area contributed by atoms with E-state index in [1.165, 1.54) is 83.6 Å². The molecule has 0 heterocycles. The molecule has 116 valence electrons. The van der Waals surface area contributed by atoms with Gasteiger partial charge in [-0.3, -0.25) is 0 Å².